The van der Waals surface area contributed by atoms with Gasteiger partial charge in [-0.05, 0) is 0 Å². The number of oxazole rings is 1. The smallest absolute Gasteiger partial charge is 0.232 e. The molecule has 0 aliphatic carbocycles. The van der Waals surface area contributed by atoms with Crippen LogP contribution in [0.5, 0.6) is 0 Å². The maximum atomic E-state index is 11.7. The Hall–Kier alpha value is -1.08. The van der Waals surface area contributed by atoms with Gasteiger partial charge in [-0.2, -0.15) is 0 Å². The van der Waals surface area contributed by atoms with Gasteiger partial charge in [0.1, 0.15) is 6.26 Å². The molecule has 0 aromatic carbocycles. The third-order valence-corrected chi connectivity index (χ3v) is 4.10. The van der Waals surface area contributed by atoms with Crippen molar-refractivity contribution in [3.63, 3.8) is 0 Å². The fourth-order valence-corrected chi connectivity index (χ4v) is 3.39. The van der Waals surface area contributed by atoms with E-state index in [0.29, 0.717) is 19.5 Å². The molecule has 1 aromatic heterocycles. The van der Waals surface area contributed by atoms with Crippen LogP contribution in [0.3, 0.4) is 0 Å². The maximum absolute atomic E-state index is 11.7. The second-order valence-electron chi connectivity index (χ2n) is 4.35. The van der Waals surface area contributed by atoms with Crippen molar-refractivity contribution in [1.29, 1.82) is 0 Å². The quantitative estimate of drug-likeness (QED) is 0.744. The number of aromatic nitrogens is 1. The second-order valence-corrected chi connectivity index (χ2v) is 7.17. The van der Waals surface area contributed by atoms with Crippen LogP contribution < -0.4 is 0 Å². The SMILES string of the molecule is O=C1CC(CS(=O)(=O)Cl)CN1CCc1cocn1. The third-order valence-electron chi connectivity index (χ3n) is 2.85. The average molecular weight is 293 g/mol. The number of likely N-dealkylation sites (tertiary alicyclic amines) is 1. The molecule has 0 N–H and O–H groups in total. The Labute approximate surface area is 109 Å². The molecule has 1 aliphatic heterocycles. The van der Waals surface area contributed by atoms with Crippen molar-refractivity contribution in [1.82, 2.24) is 9.88 Å². The highest BCUT2D eigenvalue weighted by Crippen LogP contribution is 2.21. The number of carbonyl (C=O) groups excluding carboxylic acids is 1. The summed E-state index contributed by atoms with van der Waals surface area (Å²) in [5, 5.41) is 0. The van der Waals surface area contributed by atoms with Crippen LogP contribution in [0.15, 0.2) is 17.1 Å². The Morgan fingerprint density at radius 3 is 2.94 bits per heavy atom. The molecule has 2 rings (SSSR count). The predicted octanol–water partition coefficient (Wildman–Crippen LogP) is 0.634. The van der Waals surface area contributed by atoms with Crippen LogP contribution in [-0.2, 0) is 20.3 Å². The number of halogens is 1. The summed E-state index contributed by atoms with van der Waals surface area (Å²) in [5.41, 5.74) is 0.774. The number of hydrogen-bond donors (Lipinski definition) is 0. The standard InChI is InChI=1S/C10H13ClN2O4S/c11-18(15,16)6-8-3-10(14)13(4-8)2-1-9-5-17-7-12-9/h5,7-8H,1-4,6H2. The Morgan fingerprint density at radius 2 is 2.33 bits per heavy atom. The molecular formula is C10H13ClN2O4S. The Bertz CT molecular complexity index is 514. The van der Waals surface area contributed by atoms with Crippen LogP contribution >= 0.6 is 10.7 Å². The van der Waals surface area contributed by atoms with E-state index in [1.165, 1.54) is 12.7 Å². The fourth-order valence-electron chi connectivity index (χ4n) is 2.07. The molecule has 0 saturated carbocycles. The third kappa shape index (κ3) is 3.71. The van der Waals surface area contributed by atoms with Crippen LogP contribution in [0.25, 0.3) is 0 Å². The van der Waals surface area contributed by atoms with Gasteiger partial charge in [0.25, 0.3) is 0 Å². The van der Waals surface area contributed by atoms with E-state index in [4.69, 9.17) is 15.1 Å². The number of hydrogen-bond acceptors (Lipinski definition) is 5. The van der Waals surface area contributed by atoms with Gasteiger partial charge in [-0.3, -0.25) is 4.79 Å². The van der Waals surface area contributed by atoms with E-state index in [0.717, 1.165) is 5.69 Å². The Kier molecular flexibility index (Phi) is 3.91. The highest BCUT2D eigenvalue weighted by molar-refractivity contribution is 8.13. The van der Waals surface area contributed by atoms with Gasteiger partial charge in [0.05, 0.1) is 11.4 Å². The molecule has 1 aromatic rings. The lowest BCUT2D eigenvalue weighted by atomic mass is 10.1. The summed E-state index contributed by atoms with van der Waals surface area (Å²) in [6.45, 7) is 0.951. The van der Waals surface area contributed by atoms with Crippen LogP contribution in [0.1, 0.15) is 12.1 Å². The molecule has 1 fully saturated rings. The van der Waals surface area contributed by atoms with Crippen molar-refractivity contribution in [3.8, 4) is 0 Å². The van der Waals surface area contributed by atoms with Gasteiger partial charge in [0.2, 0.25) is 15.0 Å². The van der Waals surface area contributed by atoms with E-state index >= 15 is 0 Å². The maximum Gasteiger partial charge on any atom is 0.232 e. The summed E-state index contributed by atoms with van der Waals surface area (Å²) in [5.74, 6) is -0.401. The predicted molar refractivity (Wildman–Crippen MR) is 64.5 cm³/mol. The normalized spacial score (nSPS) is 20.6. The van der Waals surface area contributed by atoms with Gasteiger partial charge in [-0.1, -0.05) is 0 Å². The van der Waals surface area contributed by atoms with Crippen LogP contribution in [0, 0.1) is 5.92 Å². The molecule has 100 valence electrons. The van der Waals surface area contributed by atoms with Gasteiger partial charge in [0, 0.05) is 42.5 Å². The molecule has 1 unspecified atom stereocenters. The minimum Gasteiger partial charge on any atom is -0.451 e. The van der Waals surface area contributed by atoms with Gasteiger partial charge in [-0.25, -0.2) is 13.4 Å². The number of nitrogens with zero attached hydrogens (tertiary/aromatic N) is 2. The molecule has 0 bridgehead atoms. The zero-order valence-electron chi connectivity index (χ0n) is 9.58. The first kappa shape index (κ1) is 13.4. The number of carbonyl (C=O) groups is 1. The highest BCUT2D eigenvalue weighted by Gasteiger charge is 2.31. The van der Waals surface area contributed by atoms with Gasteiger partial charge < -0.3 is 9.32 Å². The van der Waals surface area contributed by atoms with Crippen molar-refractivity contribution in [2.24, 2.45) is 5.92 Å². The molecule has 1 amide bonds. The van der Waals surface area contributed by atoms with E-state index < -0.39 is 9.05 Å². The molecule has 2 heterocycles. The molecule has 18 heavy (non-hydrogen) atoms. The van der Waals surface area contributed by atoms with Crippen molar-refractivity contribution >= 4 is 25.6 Å². The largest absolute Gasteiger partial charge is 0.451 e. The summed E-state index contributed by atoms with van der Waals surface area (Å²) in [6, 6.07) is 0. The summed E-state index contributed by atoms with van der Waals surface area (Å²) >= 11 is 0. The lowest BCUT2D eigenvalue weighted by Gasteiger charge is -2.15. The Balaban J connectivity index is 1.86. The summed E-state index contributed by atoms with van der Waals surface area (Å²) in [4.78, 5) is 17.3. The number of amides is 1. The molecule has 1 atom stereocenters. The molecule has 0 spiro atoms. The number of rotatable bonds is 5. The van der Waals surface area contributed by atoms with E-state index in [2.05, 4.69) is 4.98 Å². The van der Waals surface area contributed by atoms with Crippen molar-refractivity contribution < 1.29 is 17.6 Å². The van der Waals surface area contributed by atoms with E-state index in [1.54, 1.807) is 4.90 Å². The van der Waals surface area contributed by atoms with Crippen molar-refractivity contribution in [3.05, 3.63) is 18.4 Å². The lowest BCUT2D eigenvalue weighted by molar-refractivity contribution is -0.127. The minimum atomic E-state index is -3.55. The highest BCUT2D eigenvalue weighted by atomic mass is 35.7. The summed E-state index contributed by atoms with van der Waals surface area (Å²) in [7, 11) is 1.64. The van der Waals surface area contributed by atoms with E-state index in [9.17, 15) is 13.2 Å². The molecule has 1 saturated heterocycles. The summed E-state index contributed by atoms with van der Waals surface area (Å²) < 4.78 is 26.7. The molecule has 6 nitrogen and oxygen atoms in total. The van der Waals surface area contributed by atoms with Crippen molar-refractivity contribution in [2.75, 3.05) is 18.8 Å². The first-order valence-electron chi connectivity index (χ1n) is 5.51. The molecular weight excluding hydrogens is 280 g/mol. The average Bonchev–Trinajstić information content (AvgIpc) is 2.83. The topological polar surface area (TPSA) is 80.5 Å². The van der Waals surface area contributed by atoms with Gasteiger partial charge in [0.15, 0.2) is 6.39 Å². The molecule has 1 aliphatic rings. The van der Waals surface area contributed by atoms with Gasteiger partial charge in [-0.15, -0.1) is 0 Å². The molecule has 0 radical (unpaired) electrons. The fraction of sp³-hybridized carbons (Fsp3) is 0.600. The van der Waals surface area contributed by atoms with E-state index in [-0.39, 0.29) is 24.0 Å². The minimum absolute atomic E-state index is 0.0381. The van der Waals surface area contributed by atoms with Crippen LogP contribution in [-0.4, -0.2) is 43.1 Å². The summed E-state index contributed by atoms with van der Waals surface area (Å²) in [6.07, 6.45) is 3.71. The second kappa shape index (κ2) is 5.27. The monoisotopic (exact) mass is 292 g/mol. The lowest BCUT2D eigenvalue weighted by Crippen LogP contribution is -2.28. The first-order chi connectivity index (χ1) is 8.44. The Morgan fingerprint density at radius 1 is 1.56 bits per heavy atom. The first-order valence-corrected chi connectivity index (χ1v) is 7.99. The van der Waals surface area contributed by atoms with Crippen LogP contribution in [0.4, 0.5) is 0 Å². The van der Waals surface area contributed by atoms with Crippen molar-refractivity contribution in [2.45, 2.75) is 12.8 Å². The molecule has 8 heteroatoms. The zero-order chi connectivity index (χ0) is 13.2. The van der Waals surface area contributed by atoms with Gasteiger partial charge >= 0.3 is 0 Å². The van der Waals surface area contributed by atoms with Crippen LogP contribution in [0.2, 0.25) is 0 Å². The van der Waals surface area contributed by atoms with E-state index in [1.807, 2.05) is 0 Å². The zero-order valence-corrected chi connectivity index (χ0v) is 11.2.